The molecule has 0 saturated carbocycles. The van der Waals surface area contributed by atoms with Gasteiger partial charge in [-0.25, -0.2) is 0 Å². The number of carbonyl (C=O) groups excluding carboxylic acids is 1. The number of hydrogen-bond donors (Lipinski definition) is 2. The summed E-state index contributed by atoms with van der Waals surface area (Å²) in [5.41, 5.74) is 12.3. The van der Waals surface area contributed by atoms with Crippen LogP contribution in [-0.4, -0.2) is 23.5 Å². The van der Waals surface area contributed by atoms with Crippen molar-refractivity contribution in [3.63, 3.8) is 0 Å². The van der Waals surface area contributed by atoms with E-state index in [0.29, 0.717) is 10.6 Å². The van der Waals surface area contributed by atoms with Crippen molar-refractivity contribution in [2.24, 2.45) is 11.5 Å². The maximum Gasteiger partial charge on any atom is 0.236 e. The summed E-state index contributed by atoms with van der Waals surface area (Å²) in [6.07, 6.45) is 0. The van der Waals surface area contributed by atoms with Crippen LogP contribution in [0.4, 0.5) is 5.69 Å². The quantitative estimate of drug-likeness (QED) is 0.807. The maximum atomic E-state index is 11.1. The van der Waals surface area contributed by atoms with Crippen molar-refractivity contribution in [3.05, 3.63) is 28.8 Å². The fourth-order valence-corrected chi connectivity index (χ4v) is 2.00. The number of rotatable bonds is 5. The second-order valence-electron chi connectivity index (χ2n) is 4.21. The van der Waals surface area contributed by atoms with Gasteiger partial charge in [-0.05, 0) is 32.0 Å². The van der Waals surface area contributed by atoms with Gasteiger partial charge >= 0.3 is 0 Å². The zero-order valence-corrected chi connectivity index (χ0v) is 11.9. The minimum atomic E-state index is -0.419. The number of carbonyl (C=O) groups is 1. The van der Waals surface area contributed by atoms with Gasteiger partial charge in [-0.3, -0.25) is 4.79 Å². The molecule has 0 fully saturated rings. The number of nitrogens with two attached hydrogens (primary N) is 2. The van der Waals surface area contributed by atoms with Gasteiger partial charge in [-0.1, -0.05) is 23.8 Å². The molecule has 4 N–H and O–H groups in total. The molecule has 0 aliphatic rings. The van der Waals surface area contributed by atoms with Crippen LogP contribution < -0.4 is 16.4 Å². The first-order chi connectivity index (χ1) is 8.32. The second-order valence-corrected chi connectivity index (χ2v) is 5.09. The second kappa shape index (κ2) is 6.02. The van der Waals surface area contributed by atoms with Gasteiger partial charge in [0, 0.05) is 22.3 Å². The third-order valence-corrected chi connectivity index (χ3v) is 2.94. The van der Waals surface area contributed by atoms with Crippen LogP contribution in [-0.2, 0) is 4.79 Å². The molecule has 1 aromatic rings. The summed E-state index contributed by atoms with van der Waals surface area (Å²) in [5.74, 6) is -0.419. The normalized spacial score (nSPS) is 10.4. The predicted molar refractivity (Wildman–Crippen MR) is 79.0 cm³/mol. The Morgan fingerprint density at radius 2 is 2.06 bits per heavy atom. The summed E-state index contributed by atoms with van der Waals surface area (Å²) in [5, 5.41) is 0.556. The number of nitrogens with zero attached hydrogens (tertiary/aromatic N) is 1. The van der Waals surface area contributed by atoms with E-state index in [-0.39, 0.29) is 17.6 Å². The number of anilines is 1. The highest BCUT2D eigenvalue weighted by Gasteiger charge is 2.18. The van der Waals surface area contributed by atoms with Crippen LogP contribution in [0.1, 0.15) is 19.4 Å². The Balaban J connectivity index is 3.29. The lowest BCUT2D eigenvalue weighted by Crippen LogP contribution is -2.39. The number of thiocarbonyl (C=S) groups is 1. The fourth-order valence-electron chi connectivity index (χ4n) is 1.66. The number of primary amides is 1. The first-order valence-corrected chi connectivity index (χ1v) is 6.26. The Hall–Kier alpha value is -1.33. The third-order valence-electron chi connectivity index (χ3n) is 2.48. The molecule has 1 rings (SSSR count). The molecule has 0 atom stereocenters. The van der Waals surface area contributed by atoms with Gasteiger partial charge in [0.2, 0.25) is 5.91 Å². The summed E-state index contributed by atoms with van der Waals surface area (Å²) in [7, 11) is 0. The van der Waals surface area contributed by atoms with Gasteiger partial charge in [0.05, 0.1) is 6.54 Å². The summed E-state index contributed by atoms with van der Waals surface area (Å²) in [4.78, 5) is 13.2. The van der Waals surface area contributed by atoms with Crippen LogP contribution in [0.25, 0.3) is 0 Å². The van der Waals surface area contributed by atoms with E-state index in [9.17, 15) is 4.79 Å². The molecule has 0 aromatic heterocycles. The smallest absolute Gasteiger partial charge is 0.236 e. The Morgan fingerprint density at radius 3 is 2.50 bits per heavy atom. The highest BCUT2D eigenvalue weighted by atomic mass is 35.5. The minimum absolute atomic E-state index is 0.0732. The molecule has 0 unspecified atom stereocenters. The van der Waals surface area contributed by atoms with E-state index < -0.39 is 5.91 Å². The SMILES string of the molecule is CC(C)N(CC(N)=O)c1cc(Cl)ccc1C(N)=S. The highest BCUT2D eigenvalue weighted by molar-refractivity contribution is 7.80. The van der Waals surface area contributed by atoms with Gasteiger partial charge in [-0.15, -0.1) is 0 Å². The average Bonchev–Trinajstić information content (AvgIpc) is 2.24. The van der Waals surface area contributed by atoms with Gasteiger partial charge in [0.25, 0.3) is 0 Å². The summed E-state index contributed by atoms with van der Waals surface area (Å²) >= 11 is 11.0. The Labute approximate surface area is 117 Å². The zero-order valence-electron chi connectivity index (χ0n) is 10.3. The zero-order chi connectivity index (χ0) is 13.9. The van der Waals surface area contributed by atoms with E-state index in [4.69, 9.17) is 35.3 Å². The van der Waals surface area contributed by atoms with Gasteiger partial charge in [-0.2, -0.15) is 0 Å². The van der Waals surface area contributed by atoms with Crippen LogP contribution in [0.2, 0.25) is 5.02 Å². The molecule has 4 nitrogen and oxygen atoms in total. The molecule has 0 aliphatic carbocycles. The van der Waals surface area contributed by atoms with E-state index in [0.717, 1.165) is 5.69 Å². The topological polar surface area (TPSA) is 72.3 Å². The van der Waals surface area contributed by atoms with Crippen molar-refractivity contribution in [1.82, 2.24) is 0 Å². The Kier molecular flexibility index (Phi) is 4.93. The van der Waals surface area contributed by atoms with Gasteiger partial charge in [0.15, 0.2) is 0 Å². The van der Waals surface area contributed by atoms with Crippen LogP contribution in [0, 0.1) is 0 Å². The van der Waals surface area contributed by atoms with Crippen molar-refractivity contribution < 1.29 is 4.79 Å². The van der Waals surface area contributed by atoms with Crippen molar-refractivity contribution >= 4 is 40.4 Å². The Morgan fingerprint density at radius 1 is 1.44 bits per heavy atom. The number of hydrogen-bond acceptors (Lipinski definition) is 3. The van der Waals surface area contributed by atoms with Crippen molar-refractivity contribution in [2.75, 3.05) is 11.4 Å². The molecule has 1 aromatic carbocycles. The summed E-state index contributed by atoms with van der Waals surface area (Å²) in [6.45, 7) is 3.99. The highest BCUT2D eigenvalue weighted by Crippen LogP contribution is 2.26. The van der Waals surface area contributed by atoms with Crippen molar-refractivity contribution in [2.45, 2.75) is 19.9 Å². The molecule has 98 valence electrons. The van der Waals surface area contributed by atoms with Crippen LogP contribution in [0.5, 0.6) is 0 Å². The standard InChI is InChI=1S/C12H16ClN3OS/c1-7(2)16(6-11(14)17)10-5-8(13)3-4-9(10)12(15)18/h3-5,7H,6H2,1-2H3,(H2,14,17)(H2,15,18). The lowest BCUT2D eigenvalue weighted by Gasteiger charge is -2.29. The molecule has 18 heavy (non-hydrogen) atoms. The van der Waals surface area contributed by atoms with E-state index in [1.165, 1.54) is 0 Å². The van der Waals surface area contributed by atoms with E-state index in [2.05, 4.69) is 0 Å². The molecule has 6 heteroatoms. The molecular formula is C12H16ClN3OS. The molecule has 1 amide bonds. The fraction of sp³-hybridized carbons (Fsp3) is 0.333. The van der Waals surface area contributed by atoms with E-state index in [1.807, 2.05) is 18.7 Å². The Bertz CT molecular complexity index is 476. The first kappa shape index (κ1) is 14.7. The summed E-state index contributed by atoms with van der Waals surface area (Å²) in [6, 6.07) is 5.27. The molecular weight excluding hydrogens is 270 g/mol. The third kappa shape index (κ3) is 3.58. The molecule has 0 spiro atoms. The molecule has 0 bridgehead atoms. The van der Waals surface area contributed by atoms with Crippen LogP contribution in [0.3, 0.4) is 0 Å². The molecule has 0 aliphatic heterocycles. The molecule has 0 saturated heterocycles. The molecule has 0 radical (unpaired) electrons. The van der Waals surface area contributed by atoms with Crippen LogP contribution in [0.15, 0.2) is 18.2 Å². The lowest BCUT2D eigenvalue weighted by atomic mass is 10.1. The first-order valence-electron chi connectivity index (χ1n) is 5.47. The minimum Gasteiger partial charge on any atom is -0.389 e. The molecule has 0 heterocycles. The van der Waals surface area contributed by atoms with Crippen LogP contribution >= 0.6 is 23.8 Å². The van der Waals surface area contributed by atoms with Gasteiger partial charge < -0.3 is 16.4 Å². The van der Waals surface area contributed by atoms with E-state index >= 15 is 0 Å². The number of benzene rings is 1. The maximum absolute atomic E-state index is 11.1. The summed E-state index contributed by atoms with van der Waals surface area (Å²) < 4.78 is 0. The van der Waals surface area contributed by atoms with E-state index in [1.54, 1.807) is 18.2 Å². The monoisotopic (exact) mass is 285 g/mol. The van der Waals surface area contributed by atoms with Gasteiger partial charge in [0.1, 0.15) is 4.99 Å². The average molecular weight is 286 g/mol. The van der Waals surface area contributed by atoms with Crippen molar-refractivity contribution in [1.29, 1.82) is 0 Å². The lowest BCUT2D eigenvalue weighted by molar-refractivity contribution is -0.116. The largest absolute Gasteiger partial charge is 0.389 e. The predicted octanol–water partition coefficient (Wildman–Crippen LogP) is 1.67. The number of amides is 1. The van der Waals surface area contributed by atoms with Crippen molar-refractivity contribution in [3.8, 4) is 0 Å². The number of halogens is 1.